The molecule has 2 aromatic carbocycles. The summed E-state index contributed by atoms with van der Waals surface area (Å²) in [5.74, 6) is 0.0617. The number of amides is 1. The fourth-order valence-corrected chi connectivity index (χ4v) is 7.49. The van der Waals surface area contributed by atoms with E-state index in [0.717, 1.165) is 9.99 Å². The number of carbonyl (C=O) groups excluding carboxylic acids is 1. The molecule has 1 saturated heterocycles. The number of benzene rings is 2. The number of ether oxygens (including phenoxy) is 2. The largest absolute Gasteiger partial charge is 0.497 e. The van der Waals surface area contributed by atoms with Crippen molar-refractivity contribution in [1.82, 2.24) is 14.9 Å². The minimum absolute atomic E-state index is 0.0472. The molecule has 0 radical (unpaired) electrons. The molecule has 216 valence electrons. The lowest BCUT2D eigenvalue weighted by Crippen LogP contribution is -2.60. The van der Waals surface area contributed by atoms with Gasteiger partial charge in [0, 0.05) is 66.6 Å². The van der Waals surface area contributed by atoms with Crippen molar-refractivity contribution in [2.75, 3.05) is 49.6 Å². The molecule has 2 aliphatic heterocycles. The minimum Gasteiger partial charge on any atom is -0.497 e. The number of piperazine rings is 1. The molecule has 12 heteroatoms. The summed E-state index contributed by atoms with van der Waals surface area (Å²) in [5.41, 5.74) is 0.542. The van der Waals surface area contributed by atoms with Crippen molar-refractivity contribution in [3.05, 3.63) is 101 Å². The Bertz CT molecular complexity index is 1730. The molecule has 1 atom stereocenters. The normalized spacial score (nSPS) is 19.1. The van der Waals surface area contributed by atoms with Gasteiger partial charge in [-0.15, -0.1) is 0 Å². The maximum Gasteiger partial charge on any atom is 0.271 e. The second-order valence-corrected chi connectivity index (χ2v) is 12.1. The molecule has 1 unspecified atom stereocenters. The van der Waals surface area contributed by atoms with Crippen LogP contribution in [0.5, 0.6) is 11.6 Å². The molecule has 0 saturated carbocycles. The van der Waals surface area contributed by atoms with E-state index < -0.39 is 21.5 Å². The molecule has 2 aromatic heterocycles. The molecule has 0 N–H and O–H groups in total. The number of carbonyl (C=O) groups is 1. The molecule has 1 fully saturated rings. The van der Waals surface area contributed by atoms with Gasteiger partial charge in [-0.05, 0) is 66.7 Å². The van der Waals surface area contributed by atoms with Gasteiger partial charge < -0.3 is 14.4 Å². The zero-order chi connectivity index (χ0) is 29.5. The van der Waals surface area contributed by atoms with Crippen molar-refractivity contribution in [2.24, 2.45) is 0 Å². The van der Waals surface area contributed by atoms with Gasteiger partial charge in [0.05, 0.1) is 24.8 Å². The van der Waals surface area contributed by atoms with E-state index in [-0.39, 0.29) is 16.5 Å². The molecule has 10 nitrogen and oxygen atoms in total. The molecule has 0 bridgehead atoms. The maximum atomic E-state index is 15.0. The molecule has 4 heterocycles. The highest BCUT2D eigenvalue weighted by Gasteiger charge is 2.60. The van der Waals surface area contributed by atoms with Crippen LogP contribution in [0.1, 0.15) is 11.1 Å². The lowest BCUT2D eigenvalue weighted by atomic mass is 9.82. The molecule has 42 heavy (non-hydrogen) atoms. The number of hydrogen-bond donors (Lipinski definition) is 0. The van der Waals surface area contributed by atoms with E-state index in [1.54, 1.807) is 61.1 Å². The van der Waals surface area contributed by atoms with E-state index in [9.17, 15) is 13.2 Å². The van der Waals surface area contributed by atoms with E-state index in [1.807, 2.05) is 17.0 Å². The van der Waals surface area contributed by atoms with Crippen LogP contribution in [0.15, 0.2) is 90.2 Å². The number of nitrogens with zero attached hydrogens (tertiary/aromatic N) is 5. The fourth-order valence-electron chi connectivity index (χ4n) is 5.86. The van der Waals surface area contributed by atoms with Gasteiger partial charge in [-0.1, -0.05) is 11.6 Å². The van der Waals surface area contributed by atoms with Crippen molar-refractivity contribution in [1.29, 1.82) is 0 Å². The Hall–Kier alpha value is -4.19. The van der Waals surface area contributed by atoms with E-state index in [2.05, 4.69) is 14.9 Å². The van der Waals surface area contributed by atoms with Gasteiger partial charge >= 0.3 is 0 Å². The first-order chi connectivity index (χ1) is 20.3. The van der Waals surface area contributed by atoms with Crippen LogP contribution in [-0.4, -0.2) is 69.6 Å². The van der Waals surface area contributed by atoms with Gasteiger partial charge in [0.2, 0.25) is 5.88 Å². The van der Waals surface area contributed by atoms with Gasteiger partial charge in [-0.25, -0.2) is 17.7 Å². The Balaban J connectivity index is 1.53. The predicted molar refractivity (Wildman–Crippen MR) is 159 cm³/mol. The van der Waals surface area contributed by atoms with Crippen LogP contribution in [0, 0.1) is 0 Å². The third kappa shape index (κ3) is 4.36. The summed E-state index contributed by atoms with van der Waals surface area (Å²) in [5, 5.41) is 0.368. The zero-order valence-corrected chi connectivity index (χ0v) is 24.5. The number of hydrogen-bond acceptors (Lipinski definition) is 9. The van der Waals surface area contributed by atoms with Gasteiger partial charge in [-0.2, -0.15) is 0 Å². The SMILES string of the molecule is COc1ccc(S(=O)(=O)N2C(=O)C(c3cccnc3OC)(N3CCN(c4ccncc4)CC3)c3cc(Cl)ccc32)cc1. The number of anilines is 2. The van der Waals surface area contributed by atoms with E-state index in [0.29, 0.717) is 48.1 Å². The van der Waals surface area contributed by atoms with Gasteiger partial charge in [-0.3, -0.25) is 14.7 Å². The Morgan fingerprint density at radius 2 is 1.57 bits per heavy atom. The summed E-state index contributed by atoms with van der Waals surface area (Å²) in [6, 6.07) is 18.1. The lowest BCUT2D eigenvalue weighted by molar-refractivity contribution is -0.127. The van der Waals surface area contributed by atoms with Crippen LogP contribution in [0.4, 0.5) is 11.4 Å². The van der Waals surface area contributed by atoms with Crippen LogP contribution in [0.3, 0.4) is 0 Å². The highest BCUT2D eigenvalue weighted by molar-refractivity contribution is 7.93. The standard InChI is InChI=1S/C30H28ClN5O5S/c1-40-23-6-8-24(9-7-23)42(38,39)36-27-10-5-21(31)20-26(27)30(29(36)37,25-4-3-13-33-28(25)41-2)35-18-16-34(17-19-35)22-11-14-32-15-12-22/h3-15,20H,16-19H2,1-2H3. The third-order valence-electron chi connectivity index (χ3n) is 7.79. The number of halogens is 1. The summed E-state index contributed by atoms with van der Waals surface area (Å²) in [7, 11) is -1.38. The summed E-state index contributed by atoms with van der Waals surface area (Å²) < 4.78 is 40.2. The summed E-state index contributed by atoms with van der Waals surface area (Å²) >= 11 is 6.54. The van der Waals surface area contributed by atoms with Crippen molar-refractivity contribution < 1.29 is 22.7 Å². The monoisotopic (exact) mass is 605 g/mol. The first kappa shape index (κ1) is 28.0. The quantitative estimate of drug-likeness (QED) is 0.310. The first-order valence-corrected chi connectivity index (χ1v) is 15.1. The predicted octanol–water partition coefficient (Wildman–Crippen LogP) is 3.95. The van der Waals surface area contributed by atoms with Crippen LogP contribution < -0.4 is 18.7 Å². The maximum absolute atomic E-state index is 15.0. The molecule has 2 aliphatic rings. The van der Waals surface area contributed by atoms with E-state index in [4.69, 9.17) is 21.1 Å². The second kappa shape index (κ2) is 10.9. The molecule has 4 aromatic rings. The lowest BCUT2D eigenvalue weighted by Gasteiger charge is -2.45. The topological polar surface area (TPSA) is 105 Å². The fraction of sp³-hybridized carbons (Fsp3) is 0.233. The molecule has 1 amide bonds. The third-order valence-corrected chi connectivity index (χ3v) is 9.74. The average molecular weight is 606 g/mol. The number of methoxy groups -OCH3 is 2. The first-order valence-electron chi connectivity index (χ1n) is 13.3. The van der Waals surface area contributed by atoms with Crippen molar-refractivity contribution in [3.8, 4) is 11.6 Å². The summed E-state index contributed by atoms with van der Waals surface area (Å²) in [6.45, 7) is 2.05. The van der Waals surface area contributed by atoms with Crippen molar-refractivity contribution in [3.63, 3.8) is 0 Å². The number of sulfonamides is 1. The highest BCUT2D eigenvalue weighted by Crippen LogP contribution is 2.53. The molecule has 0 aliphatic carbocycles. The summed E-state index contributed by atoms with van der Waals surface area (Å²) in [4.78, 5) is 27.7. The summed E-state index contributed by atoms with van der Waals surface area (Å²) in [6.07, 6.45) is 5.05. The minimum atomic E-state index is -4.35. The Kier molecular flexibility index (Phi) is 7.25. The Morgan fingerprint density at radius 3 is 2.24 bits per heavy atom. The molecular weight excluding hydrogens is 578 g/mol. The molecule has 0 spiro atoms. The number of fused-ring (bicyclic) bond motifs is 1. The Labute approximate surface area is 249 Å². The van der Waals surface area contributed by atoms with Gasteiger partial charge in [0.1, 0.15) is 5.75 Å². The number of aromatic nitrogens is 2. The van der Waals surface area contributed by atoms with Crippen LogP contribution in [0.2, 0.25) is 5.02 Å². The second-order valence-electron chi connectivity index (χ2n) is 9.86. The van der Waals surface area contributed by atoms with Gasteiger partial charge in [0.15, 0.2) is 5.54 Å². The zero-order valence-electron chi connectivity index (χ0n) is 23.0. The van der Waals surface area contributed by atoms with Crippen LogP contribution in [-0.2, 0) is 20.4 Å². The smallest absolute Gasteiger partial charge is 0.271 e. The van der Waals surface area contributed by atoms with E-state index >= 15 is 0 Å². The number of pyridine rings is 2. The Morgan fingerprint density at radius 1 is 0.857 bits per heavy atom. The highest BCUT2D eigenvalue weighted by atomic mass is 35.5. The average Bonchev–Trinajstić information content (AvgIpc) is 3.29. The van der Waals surface area contributed by atoms with Crippen LogP contribution in [0.25, 0.3) is 0 Å². The number of rotatable bonds is 7. The van der Waals surface area contributed by atoms with Crippen LogP contribution >= 0.6 is 11.6 Å². The van der Waals surface area contributed by atoms with Crippen molar-refractivity contribution >= 4 is 38.9 Å². The van der Waals surface area contributed by atoms with Crippen molar-refractivity contribution in [2.45, 2.75) is 10.4 Å². The van der Waals surface area contributed by atoms with Gasteiger partial charge in [0.25, 0.3) is 15.9 Å². The van der Waals surface area contributed by atoms with E-state index in [1.165, 1.54) is 26.4 Å². The molecular formula is C30H28ClN5O5S. The molecule has 6 rings (SSSR count).